The van der Waals surface area contributed by atoms with E-state index in [0.717, 1.165) is 29.8 Å². The molecule has 164 valence electrons. The molecule has 1 atom stereocenters. The summed E-state index contributed by atoms with van der Waals surface area (Å²) in [6.07, 6.45) is 14.4. The van der Waals surface area contributed by atoms with Crippen LogP contribution < -0.4 is 10.7 Å². The summed E-state index contributed by atoms with van der Waals surface area (Å²) in [5.41, 5.74) is 6.71. The van der Waals surface area contributed by atoms with Gasteiger partial charge in [0, 0.05) is 23.2 Å². The molecule has 3 aliphatic rings. The molecule has 0 radical (unpaired) electrons. The van der Waals surface area contributed by atoms with Crippen molar-refractivity contribution < 1.29 is 14.0 Å². The molecule has 0 saturated carbocycles. The number of amides is 2. The Balaban J connectivity index is 1.31. The first kappa shape index (κ1) is 20.5. The lowest BCUT2D eigenvalue weighted by molar-refractivity contribution is -0.114. The Labute approximate surface area is 186 Å². The molecule has 2 aromatic rings. The van der Waals surface area contributed by atoms with Gasteiger partial charge in [-0.3, -0.25) is 20.3 Å². The lowest BCUT2D eigenvalue weighted by Crippen LogP contribution is -2.43. The number of carbonyl (C=O) groups excluding carboxylic acids is 2. The molecule has 32 heavy (non-hydrogen) atoms. The van der Waals surface area contributed by atoms with E-state index in [1.807, 2.05) is 18.2 Å². The Bertz CT molecular complexity index is 1110. The maximum absolute atomic E-state index is 12.5. The topological polar surface area (TPSA) is 86.9 Å². The van der Waals surface area contributed by atoms with Crippen LogP contribution in [0.1, 0.15) is 41.6 Å². The summed E-state index contributed by atoms with van der Waals surface area (Å²) >= 11 is 0. The van der Waals surface area contributed by atoms with Crippen LogP contribution in [0.15, 0.2) is 70.2 Å². The van der Waals surface area contributed by atoms with Gasteiger partial charge in [0.25, 0.3) is 11.8 Å². The first-order chi connectivity index (χ1) is 15.7. The maximum atomic E-state index is 12.5. The second-order valence-electron chi connectivity index (χ2n) is 8.50. The van der Waals surface area contributed by atoms with Crippen LogP contribution in [-0.2, 0) is 4.79 Å². The number of rotatable bonds is 5. The quantitative estimate of drug-likeness (QED) is 0.560. The third-order valence-corrected chi connectivity index (χ3v) is 6.24. The molecule has 7 nitrogen and oxygen atoms in total. The number of likely N-dealkylation sites (tertiary alicyclic amines) is 1. The van der Waals surface area contributed by atoms with Crippen LogP contribution in [0.4, 0.5) is 0 Å². The van der Waals surface area contributed by atoms with Crippen molar-refractivity contribution in [2.45, 2.75) is 25.7 Å². The zero-order chi connectivity index (χ0) is 21.9. The van der Waals surface area contributed by atoms with Gasteiger partial charge in [-0.1, -0.05) is 24.6 Å². The van der Waals surface area contributed by atoms with Gasteiger partial charge in [0.05, 0.1) is 18.2 Å². The van der Waals surface area contributed by atoms with E-state index in [-0.39, 0.29) is 5.71 Å². The number of allylic oxidation sites excluding steroid dienone is 2. The van der Waals surface area contributed by atoms with E-state index in [2.05, 4.69) is 32.9 Å². The van der Waals surface area contributed by atoms with Crippen molar-refractivity contribution in [3.05, 3.63) is 71.8 Å². The summed E-state index contributed by atoms with van der Waals surface area (Å²) in [6.45, 7) is 3.48. The molecule has 2 amide bonds. The molecule has 2 N–H and O–H groups in total. The molecule has 2 aliphatic heterocycles. The van der Waals surface area contributed by atoms with Crippen LogP contribution in [0.25, 0.3) is 11.1 Å². The average Bonchev–Trinajstić information content (AvgIpc) is 3.35. The van der Waals surface area contributed by atoms with Gasteiger partial charge in [-0.05, 0) is 68.1 Å². The van der Waals surface area contributed by atoms with Crippen LogP contribution >= 0.6 is 0 Å². The maximum Gasteiger partial charge on any atom is 0.279 e. The minimum absolute atomic E-state index is 0.190. The van der Waals surface area contributed by atoms with Gasteiger partial charge in [0.1, 0.15) is 0 Å². The minimum atomic E-state index is -0.511. The van der Waals surface area contributed by atoms with Crippen molar-refractivity contribution in [1.29, 1.82) is 0 Å². The van der Waals surface area contributed by atoms with Crippen LogP contribution in [0.2, 0.25) is 0 Å². The van der Waals surface area contributed by atoms with Gasteiger partial charge < -0.3 is 9.32 Å². The van der Waals surface area contributed by atoms with Crippen LogP contribution in [-0.4, -0.2) is 42.1 Å². The number of carbonyl (C=O) groups is 2. The third kappa shape index (κ3) is 4.29. The Hall–Kier alpha value is -3.45. The fourth-order valence-corrected chi connectivity index (χ4v) is 4.49. The molecule has 0 bridgehead atoms. The zero-order valence-corrected chi connectivity index (χ0v) is 17.8. The van der Waals surface area contributed by atoms with E-state index < -0.39 is 11.8 Å². The van der Waals surface area contributed by atoms with Gasteiger partial charge in [0.15, 0.2) is 5.71 Å². The number of hydrazone groups is 1. The summed E-state index contributed by atoms with van der Waals surface area (Å²) in [7, 11) is 0. The third-order valence-electron chi connectivity index (χ3n) is 6.24. The predicted octanol–water partition coefficient (Wildman–Crippen LogP) is 3.46. The second-order valence-corrected chi connectivity index (χ2v) is 8.50. The average molecular weight is 431 g/mol. The van der Waals surface area contributed by atoms with E-state index in [1.165, 1.54) is 32.4 Å². The number of benzene rings is 1. The Morgan fingerprint density at radius 3 is 2.69 bits per heavy atom. The molecule has 7 heteroatoms. The van der Waals surface area contributed by atoms with Crippen LogP contribution in [0.5, 0.6) is 0 Å². The van der Waals surface area contributed by atoms with Gasteiger partial charge in [-0.25, -0.2) is 0 Å². The molecule has 1 aromatic heterocycles. The Kier molecular flexibility index (Phi) is 5.73. The standard InChI is InChI=1S/C25H26N4O3/c30-24-21-9-6-18(19-10-13-32-16-19)14-22(21)23(25(31)26-24)28-27-20-7-4-17(5-8-20)15-29-11-2-1-3-12-29/h4,6-10,13-14,16-17,27H,1-3,5,11-12,15H2,(H,26,30,31)/b28-23-. The number of piperidine rings is 1. The molecular weight excluding hydrogens is 404 g/mol. The number of nitrogens with zero attached hydrogens (tertiary/aromatic N) is 2. The lowest BCUT2D eigenvalue weighted by Gasteiger charge is -2.29. The molecule has 1 saturated heterocycles. The van der Waals surface area contributed by atoms with Gasteiger partial charge in [-0.15, -0.1) is 0 Å². The van der Waals surface area contributed by atoms with E-state index >= 15 is 0 Å². The summed E-state index contributed by atoms with van der Waals surface area (Å²) < 4.78 is 5.16. The fraction of sp³-hybridized carbons (Fsp3) is 0.320. The van der Waals surface area contributed by atoms with Gasteiger partial charge in [0.2, 0.25) is 0 Å². The smallest absolute Gasteiger partial charge is 0.279 e. The van der Waals surface area contributed by atoms with Crippen molar-refractivity contribution in [3.63, 3.8) is 0 Å². The molecule has 5 rings (SSSR count). The number of fused-ring (bicyclic) bond motifs is 1. The molecule has 1 aromatic carbocycles. The van der Waals surface area contributed by atoms with Gasteiger partial charge >= 0.3 is 0 Å². The molecule has 1 aliphatic carbocycles. The number of hydrogen-bond donors (Lipinski definition) is 2. The van der Waals surface area contributed by atoms with Gasteiger partial charge in [-0.2, -0.15) is 5.10 Å². The molecule has 0 spiro atoms. The highest BCUT2D eigenvalue weighted by atomic mass is 16.3. The monoisotopic (exact) mass is 430 g/mol. The zero-order valence-electron chi connectivity index (χ0n) is 17.8. The number of nitrogens with one attached hydrogen (secondary N) is 2. The summed E-state index contributed by atoms with van der Waals surface area (Å²) in [6, 6.07) is 7.18. The number of imide groups is 1. The highest BCUT2D eigenvalue weighted by Gasteiger charge is 2.29. The largest absolute Gasteiger partial charge is 0.472 e. The normalized spacial score (nSPS) is 22.4. The SMILES string of the molecule is O=C1NC(=O)c2ccc(-c3ccoc3)cc2/C1=N/NC1=CCC(CN2CCCCC2)C=C1. The van der Waals surface area contributed by atoms with Crippen molar-refractivity contribution in [1.82, 2.24) is 15.6 Å². The van der Waals surface area contributed by atoms with Crippen molar-refractivity contribution >= 4 is 17.5 Å². The number of furan rings is 1. The van der Waals surface area contributed by atoms with E-state index in [1.54, 1.807) is 24.7 Å². The molecule has 1 fully saturated rings. The minimum Gasteiger partial charge on any atom is -0.472 e. The number of hydrogen-bond acceptors (Lipinski definition) is 6. The molecule has 1 unspecified atom stereocenters. The lowest BCUT2D eigenvalue weighted by atomic mass is 9.94. The van der Waals surface area contributed by atoms with Crippen LogP contribution in [0.3, 0.4) is 0 Å². The van der Waals surface area contributed by atoms with E-state index in [4.69, 9.17) is 4.42 Å². The fourth-order valence-electron chi connectivity index (χ4n) is 4.49. The first-order valence-corrected chi connectivity index (χ1v) is 11.1. The summed E-state index contributed by atoms with van der Waals surface area (Å²) in [5.74, 6) is -0.428. The second kappa shape index (κ2) is 8.96. The predicted molar refractivity (Wildman–Crippen MR) is 122 cm³/mol. The van der Waals surface area contributed by atoms with Crippen LogP contribution in [0, 0.1) is 5.92 Å². The first-order valence-electron chi connectivity index (χ1n) is 11.1. The Morgan fingerprint density at radius 1 is 1.06 bits per heavy atom. The Morgan fingerprint density at radius 2 is 1.94 bits per heavy atom. The van der Waals surface area contributed by atoms with E-state index in [9.17, 15) is 9.59 Å². The molecular formula is C25H26N4O3. The van der Waals surface area contributed by atoms with Crippen molar-refractivity contribution in [2.75, 3.05) is 19.6 Å². The van der Waals surface area contributed by atoms with Crippen molar-refractivity contribution in [2.24, 2.45) is 11.0 Å². The highest BCUT2D eigenvalue weighted by molar-refractivity contribution is 6.51. The highest BCUT2D eigenvalue weighted by Crippen LogP contribution is 2.25. The van der Waals surface area contributed by atoms with Crippen molar-refractivity contribution in [3.8, 4) is 11.1 Å². The summed E-state index contributed by atoms with van der Waals surface area (Å²) in [5, 5.41) is 6.75. The van der Waals surface area contributed by atoms with E-state index in [0.29, 0.717) is 17.0 Å². The summed E-state index contributed by atoms with van der Waals surface area (Å²) in [4.78, 5) is 27.4. The molecule has 3 heterocycles.